The highest BCUT2D eigenvalue weighted by Crippen LogP contribution is 2.34. The molecule has 1 N–H and O–H groups in total. The maximum absolute atomic E-state index is 4.45. The second-order valence-corrected chi connectivity index (χ2v) is 6.37. The second-order valence-electron chi connectivity index (χ2n) is 6.37. The van der Waals surface area contributed by atoms with Gasteiger partial charge in [0.15, 0.2) is 0 Å². The van der Waals surface area contributed by atoms with Gasteiger partial charge in [0.25, 0.3) is 0 Å². The smallest absolute Gasteiger partial charge is 0.0722 e. The molecule has 0 bridgehead atoms. The van der Waals surface area contributed by atoms with Crippen molar-refractivity contribution in [1.29, 1.82) is 0 Å². The van der Waals surface area contributed by atoms with Crippen LogP contribution in [0.4, 0.5) is 5.69 Å². The molecule has 4 rings (SSSR count). The Bertz CT molecular complexity index is 780. The van der Waals surface area contributed by atoms with E-state index in [9.17, 15) is 0 Å². The Balaban J connectivity index is 1.54. The van der Waals surface area contributed by atoms with E-state index >= 15 is 0 Å². The van der Waals surface area contributed by atoms with Crippen LogP contribution in [0.5, 0.6) is 0 Å². The lowest BCUT2D eigenvalue weighted by molar-refractivity contribution is 0.410. The number of fused-ring (bicyclic) bond motifs is 1. The molecule has 0 saturated heterocycles. The maximum Gasteiger partial charge on any atom is 0.0722 e. The summed E-state index contributed by atoms with van der Waals surface area (Å²) in [4.78, 5) is 8.73. The monoisotopic (exact) mass is 303 g/mol. The molecule has 2 aromatic heterocycles. The topological polar surface area (TPSA) is 37.8 Å². The van der Waals surface area contributed by atoms with Gasteiger partial charge in [-0.15, -0.1) is 0 Å². The van der Waals surface area contributed by atoms with E-state index in [1.807, 2.05) is 30.7 Å². The number of nitrogens with one attached hydrogen (secondary N) is 1. The van der Waals surface area contributed by atoms with Gasteiger partial charge in [0.05, 0.1) is 5.52 Å². The van der Waals surface area contributed by atoms with Crippen LogP contribution in [0, 0.1) is 0 Å². The summed E-state index contributed by atoms with van der Waals surface area (Å²) < 4.78 is 0. The lowest BCUT2D eigenvalue weighted by Gasteiger charge is -2.31. The molecule has 1 fully saturated rings. The summed E-state index contributed by atoms with van der Waals surface area (Å²) in [5.41, 5.74) is 3.63. The normalized spacial score (nSPS) is 21.2. The Kier molecular flexibility index (Phi) is 3.93. The number of anilines is 1. The van der Waals surface area contributed by atoms with Crippen molar-refractivity contribution in [2.75, 3.05) is 5.32 Å². The van der Waals surface area contributed by atoms with Gasteiger partial charge in [-0.25, -0.2) is 0 Å². The summed E-state index contributed by atoms with van der Waals surface area (Å²) in [6.45, 7) is 0. The van der Waals surface area contributed by atoms with E-state index in [1.54, 1.807) is 0 Å². The van der Waals surface area contributed by atoms with Crippen LogP contribution in [0.1, 0.15) is 37.2 Å². The largest absolute Gasteiger partial charge is 0.382 e. The molecule has 2 unspecified atom stereocenters. The first-order valence-corrected chi connectivity index (χ1v) is 8.40. The van der Waals surface area contributed by atoms with Gasteiger partial charge >= 0.3 is 0 Å². The average Bonchev–Trinajstić information content (AvgIpc) is 2.63. The van der Waals surface area contributed by atoms with Gasteiger partial charge in [-0.05, 0) is 61.1 Å². The standard InChI is InChI=1S/C20H21N3/c1-5-15(16-6-3-11-21-14-16)13-17(7-1)23-20-10-2-9-19-18(20)8-4-12-22-19/h2-4,6,8-12,14-15,17,23H,1,5,7,13H2. The predicted octanol–water partition coefficient (Wildman–Crippen LogP) is 4.77. The van der Waals surface area contributed by atoms with Crippen LogP contribution < -0.4 is 5.32 Å². The first-order valence-electron chi connectivity index (χ1n) is 8.40. The summed E-state index contributed by atoms with van der Waals surface area (Å²) in [6, 6.07) is 15.2. The highest BCUT2D eigenvalue weighted by atomic mass is 14.9. The van der Waals surface area contributed by atoms with Crippen molar-refractivity contribution in [2.45, 2.75) is 37.6 Å². The van der Waals surface area contributed by atoms with Crippen LogP contribution in [-0.4, -0.2) is 16.0 Å². The van der Waals surface area contributed by atoms with E-state index < -0.39 is 0 Å². The molecule has 0 radical (unpaired) electrons. The Labute approximate surface area is 136 Å². The van der Waals surface area contributed by atoms with E-state index in [0.29, 0.717) is 12.0 Å². The third kappa shape index (κ3) is 3.04. The minimum Gasteiger partial charge on any atom is -0.382 e. The molecule has 2 atom stereocenters. The minimum atomic E-state index is 0.514. The molecular weight excluding hydrogens is 282 g/mol. The minimum absolute atomic E-state index is 0.514. The van der Waals surface area contributed by atoms with Gasteiger partial charge < -0.3 is 5.32 Å². The van der Waals surface area contributed by atoms with Crippen molar-refractivity contribution in [2.24, 2.45) is 0 Å². The molecule has 1 saturated carbocycles. The molecular formula is C20H21N3. The third-order valence-corrected chi connectivity index (χ3v) is 4.84. The van der Waals surface area contributed by atoms with Crippen molar-refractivity contribution < 1.29 is 0 Å². The van der Waals surface area contributed by atoms with Crippen LogP contribution in [0.2, 0.25) is 0 Å². The molecule has 3 nitrogen and oxygen atoms in total. The maximum atomic E-state index is 4.45. The summed E-state index contributed by atoms with van der Waals surface area (Å²) in [5.74, 6) is 0.614. The van der Waals surface area contributed by atoms with E-state index in [0.717, 1.165) is 5.52 Å². The second kappa shape index (κ2) is 6.37. The SMILES string of the molecule is c1cncc(C2CCCC(Nc3cccc4ncccc34)C2)c1. The number of pyridine rings is 2. The number of benzene rings is 1. The van der Waals surface area contributed by atoms with E-state index in [1.165, 1.54) is 42.3 Å². The fourth-order valence-electron chi connectivity index (χ4n) is 3.69. The quantitative estimate of drug-likeness (QED) is 0.757. The zero-order valence-electron chi connectivity index (χ0n) is 13.2. The van der Waals surface area contributed by atoms with Crippen LogP contribution in [-0.2, 0) is 0 Å². The zero-order valence-corrected chi connectivity index (χ0v) is 13.2. The molecule has 0 amide bonds. The predicted molar refractivity (Wildman–Crippen MR) is 94.6 cm³/mol. The van der Waals surface area contributed by atoms with E-state index in [4.69, 9.17) is 0 Å². The van der Waals surface area contributed by atoms with Crippen molar-refractivity contribution in [3.8, 4) is 0 Å². The fourth-order valence-corrected chi connectivity index (χ4v) is 3.69. The average molecular weight is 303 g/mol. The molecule has 0 aliphatic heterocycles. The van der Waals surface area contributed by atoms with Crippen molar-refractivity contribution in [3.63, 3.8) is 0 Å². The highest BCUT2D eigenvalue weighted by molar-refractivity contribution is 5.91. The molecule has 1 aliphatic rings. The molecule has 3 heteroatoms. The zero-order chi connectivity index (χ0) is 15.5. The van der Waals surface area contributed by atoms with Gasteiger partial charge in [-0.2, -0.15) is 0 Å². The lowest BCUT2D eigenvalue weighted by Crippen LogP contribution is -2.26. The fraction of sp³-hybridized carbons (Fsp3) is 0.300. The molecule has 1 aliphatic carbocycles. The number of hydrogen-bond donors (Lipinski definition) is 1. The number of rotatable bonds is 3. The Hall–Kier alpha value is -2.42. The molecule has 2 heterocycles. The summed E-state index contributed by atoms with van der Waals surface area (Å²) in [7, 11) is 0. The molecule has 1 aromatic carbocycles. The van der Waals surface area contributed by atoms with Crippen molar-refractivity contribution in [1.82, 2.24) is 9.97 Å². The van der Waals surface area contributed by atoms with Gasteiger partial charge in [0.2, 0.25) is 0 Å². The molecule has 116 valence electrons. The van der Waals surface area contributed by atoms with Crippen LogP contribution in [0.25, 0.3) is 10.9 Å². The van der Waals surface area contributed by atoms with Crippen LogP contribution >= 0.6 is 0 Å². The van der Waals surface area contributed by atoms with Gasteiger partial charge in [-0.1, -0.05) is 18.6 Å². The molecule has 23 heavy (non-hydrogen) atoms. The summed E-state index contributed by atoms with van der Waals surface area (Å²) in [6.07, 6.45) is 10.7. The van der Waals surface area contributed by atoms with Gasteiger partial charge in [-0.3, -0.25) is 9.97 Å². The number of nitrogens with zero attached hydrogens (tertiary/aromatic N) is 2. The van der Waals surface area contributed by atoms with Crippen molar-refractivity contribution in [3.05, 3.63) is 66.6 Å². The number of aromatic nitrogens is 2. The lowest BCUT2D eigenvalue weighted by atomic mass is 9.82. The molecule has 0 spiro atoms. The van der Waals surface area contributed by atoms with Crippen molar-refractivity contribution >= 4 is 16.6 Å². The Morgan fingerprint density at radius 3 is 2.83 bits per heavy atom. The first kappa shape index (κ1) is 14.2. The Morgan fingerprint density at radius 1 is 0.957 bits per heavy atom. The number of hydrogen-bond acceptors (Lipinski definition) is 3. The van der Waals surface area contributed by atoms with Gasteiger partial charge in [0, 0.05) is 35.7 Å². The molecule has 3 aromatic rings. The van der Waals surface area contributed by atoms with Gasteiger partial charge in [0.1, 0.15) is 0 Å². The highest BCUT2D eigenvalue weighted by Gasteiger charge is 2.23. The van der Waals surface area contributed by atoms with E-state index in [-0.39, 0.29) is 0 Å². The van der Waals surface area contributed by atoms with Crippen LogP contribution in [0.15, 0.2) is 61.1 Å². The first-order chi connectivity index (χ1) is 11.4. The van der Waals surface area contributed by atoms with E-state index in [2.05, 4.69) is 45.6 Å². The van der Waals surface area contributed by atoms with Crippen LogP contribution in [0.3, 0.4) is 0 Å². The third-order valence-electron chi connectivity index (χ3n) is 4.84. The summed E-state index contributed by atoms with van der Waals surface area (Å²) in [5, 5.41) is 4.97. The summed E-state index contributed by atoms with van der Waals surface area (Å²) >= 11 is 0. The Morgan fingerprint density at radius 2 is 1.91 bits per heavy atom.